The summed E-state index contributed by atoms with van der Waals surface area (Å²) in [5.74, 6) is 1.41. The van der Waals surface area contributed by atoms with Gasteiger partial charge in [0.05, 0.1) is 13.5 Å². The second-order valence-corrected chi connectivity index (χ2v) is 6.03. The topological polar surface area (TPSA) is 35.5 Å². The van der Waals surface area contributed by atoms with Gasteiger partial charge in [0, 0.05) is 10.6 Å². The number of hydrogen-bond donors (Lipinski definition) is 0. The van der Waals surface area contributed by atoms with Crippen LogP contribution >= 0.6 is 11.8 Å². The molecule has 0 aliphatic heterocycles. The Morgan fingerprint density at radius 2 is 1.83 bits per heavy atom. The van der Waals surface area contributed by atoms with Gasteiger partial charge in [-0.2, -0.15) is 0 Å². The summed E-state index contributed by atoms with van der Waals surface area (Å²) in [5, 5.41) is 0. The van der Waals surface area contributed by atoms with E-state index in [1.807, 2.05) is 45.0 Å². The predicted molar refractivity (Wildman–Crippen MR) is 74.2 cm³/mol. The fourth-order valence-corrected chi connectivity index (χ4v) is 2.15. The molecule has 0 aliphatic carbocycles. The van der Waals surface area contributed by atoms with Crippen molar-refractivity contribution in [3.63, 3.8) is 0 Å². The minimum absolute atomic E-state index is 0.150. The quantitative estimate of drug-likeness (QED) is 0.604. The van der Waals surface area contributed by atoms with Crippen molar-refractivity contribution >= 4 is 17.7 Å². The maximum Gasteiger partial charge on any atom is 0.307 e. The largest absolute Gasteiger partial charge is 0.497 e. The average Bonchev–Trinajstić information content (AvgIpc) is 2.27. The van der Waals surface area contributed by atoms with Gasteiger partial charge in [0.25, 0.3) is 0 Å². The number of methoxy groups -OCH3 is 1. The third-order valence-electron chi connectivity index (χ3n) is 2.05. The third kappa shape index (κ3) is 5.96. The molecule has 18 heavy (non-hydrogen) atoms. The highest BCUT2D eigenvalue weighted by Gasteiger charge is 2.15. The number of esters is 1. The molecule has 0 radical (unpaired) electrons. The van der Waals surface area contributed by atoms with Gasteiger partial charge < -0.3 is 9.47 Å². The number of thioether (sulfide) groups is 1. The molecule has 0 saturated carbocycles. The lowest BCUT2D eigenvalue weighted by Crippen LogP contribution is -2.23. The van der Waals surface area contributed by atoms with Gasteiger partial charge in [-0.3, -0.25) is 4.79 Å². The molecule has 0 N–H and O–H groups in total. The van der Waals surface area contributed by atoms with E-state index >= 15 is 0 Å². The van der Waals surface area contributed by atoms with Gasteiger partial charge in [0.15, 0.2) is 0 Å². The van der Waals surface area contributed by atoms with E-state index in [4.69, 9.17) is 9.47 Å². The van der Waals surface area contributed by atoms with Crippen molar-refractivity contribution in [3.05, 3.63) is 24.3 Å². The van der Waals surface area contributed by atoms with Crippen LogP contribution in [0.3, 0.4) is 0 Å². The van der Waals surface area contributed by atoms with Crippen molar-refractivity contribution in [3.8, 4) is 5.75 Å². The average molecular weight is 268 g/mol. The Morgan fingerprint density at radius 3 is 2.33 bits per heavy atom. The lowest BCUT2D eigenvalue weighted by atomic mass is 10.2. The summed E-state index contributed by atoms with van der Waals surface area (Å²) in [6.07, 6.45) is 0.425. The number of rotatable bonds is 5. The third-order valence-corrected chi connectivity index (χ3v) is 3.07. The van der Waals surface area contributed by atoms with Gasteiger partial charge in [0.1, 0.15) is 11.4 Å². The van der Waals surface area contributed by atoms with Crippen LogP contribution in [0.5, 0.6) is 5.75 Å². The van der Waals surface area contributed by atoms with Crippen LogP contribution in [0, 0.1) is 0 Å². The highest BCUT2D eigenvalue weighted by atomic mass is 32.2. The van der Waals surface area contributed by atoms with Crippen molar-refractivity contribution < 1.29 is 14.3 Å². The fraction of sp³-hybridized carbons (Fsp3) is 0.500. The van der Waals surface area contributed by atoms with Crippen molar-refractivity contribution in [1.29, 1.82) is 0 Å². The van der Waals surface area contributed by atoms with Crippen molar-refractivity contribution in [2.45, 2.75) is 37.7 Å². The molecule has 0 aliphatic rings. The standard InChI is InChI=1S/C14H20O3S/c1-14(2,3)17-13(15)9-10-18-12-7-5-11(16-4)6-8-12/h5-8H,9-10H2,1-4H3. The normalized spacial score (nSPS) is 11.1. The minimum Gasteiger partial charge on any atom is -0.497 e. The number of benzene rings is 1. The first-order chi connectivity index (χ1) is 8.40. The molecule has 1 aromatic carbocycles. The molecule has 0 amide bonds. The zero-order valence-electron chi connectivity index (χ0n) is 11.4. The van der Waals surface area contributed by atoms with Crippen LogP contribution in [0.2, 0.25) is 0 Å². The molecule has 100 valence electrons. The van der Waals surface area contributed by atoms with E-state index < -0.39 is 5.60 Å². The van der Waals surface area contributed by atoms with Crippen LogP contribution in [0.25, 0.3) is 0 Å². The summed E-state index contributed by atoms with van der Waals surface area (Å²) in [6.45, 7) is 5.63. The van der Waals surface area contributed by atoms with E-state index in [0.29, 0.717) is 6.42 Å². The van der Waals surface area contributed by atoms with Gasteiger partial charge in [-0.15, -0.1) is 11.8 Å². The lowest BCUT2D eigenvalue weighted by molar-refractivity contribution is -0.154. The number of carbonyl (C=O) groups is 1. The second-order valence-electron chi connectivity index (χ2n) is 4.86. The summed E-state index contributed by atoms with van der Waals surface area (Å²) >= 11 is 1.64. The highest BCUT2D eigenvalue weighted by Crippen LogP contribution is 2.22. The van der Waals surface area contributed by atoms with Crippen LogP contribution in [0.15, 0.2) is 29.2 Å². The van der Waals surface area contributed by atoms with Crippen molar-refractivity contribution in [1.82, 2.24) is 0 Å². The molecule has 4 heteroatoms. The van der Waals surface area contributed by atoms with Gasteiger partial charge in [-0.1, -0.05) is 0 Å². The van der Waals surface area contributed by atoms with Crippen LogP contribution in [-0.2, 0) is 9.53 Å². The summed E-state index contributed by atoms with van der Waals surface area (Å²) in [6, 6.07) is 7.79. The molecular weight excluding hydrogens is 248 g/mol. The molecule has 1 rings (SSSR count). The Kier molecular flexibility index (Phi) is 5.54. The smallest absolute Gasteiger partial charge is 0.307 e. The first kappa shape index (κ1) is 14.9. The maximum atomic E-state index is 11.5. The minimum atomic E-state index is -0.401. The monoisotopic (exact) mass is 268 g/mol. The Morgan fingerprint density at radius 1 is 1.22 bits per heavy atom. The molecule has 0 saturated heterocycles. The van der Waals surface area contributed by atoms with Gasteiger partial charge in [-0.25, -0.2) is 0 Å². The van der Waals surface area contributed by atoms with E-state index in [0.717, 1.165) is 16.4 Å². The summed E-state index contributed by atoms with van der Waals surface area (Å²) < 4.78 is 10.3. The molecule has 0 atom stereocenters. The molecular formula is C14H20O3S. The molecule has 0 spiro atoms. The first-order valence-electron chi connectivity index (χ1n) is 5.89. The Labute approximate surface area is 113 Å². The number of hydrogen-bond acceptors (Lipinski definition) is 4. The maximum absolute atomic E-state index is 11.5. The van der Waals surface area contributed by atoms with E-state index in [2.05, 4.69) is 0 Å². The molecule has 1 aromatic rings. The Hall–Kier alpha value is -1.16. The van der Waals surface area contributed by atoms with Crippen LogP contribution in [0.4, 0.5) is 0 Å². The zero-order chi connectivity index (χ0) is 13.6. The van der Waals surface area contributed by atoms with E-state index in [1.54, 1.807) is 18.9 Å². The predicted octanol–water partition coefficient (Wildman–Crippen LogP) is 3.52. The zero-order valence-corrected chi connectivity index (χ0v) is 12.2. The van der Waals surface area contributed by atoms with Crippen molar-refractivity contribution in [2.24, 2.45) is 0 Å². The SMILES string of the molecule is COc1ccc(SCCC(=O)OC(C)(C)C)cc1. The highest BCUT2D eigenvalue weighted by molar-refractivity contribution is 7.99. The van der Waals surface area contributed by atoms with Gasteiger partial charge >= 0.3 is 5.97 Å². The summed E-state index contributed by atoms with van der Waals surface area (Å²) in [4.78, 5) is 12.6. The first-order valence-corrected chi connectivity index (χ1v) is 6.88. The van der Waals surface area contributed by atoms with Crippen molar-refractivity contribution in [2.75, 3.05) is 12.9 Å². The van der Waals surface area contributed by atoms with Crippen LogP contribution < -0.4 is 4.74 Å². The summed E-state index contributed by atoms with van der Waals surface area (Å²) in [5.41, 5.74) is -0.401. The molecule has 0 bridgehead atoms. The van der Waals surface area contributed by atoms with Crippen LogP contribution in [-0.4, -0.2) is 24.4 Å². The van der Waals surface area contributed by atoms with Gasteiger partial charge in [-0.05, 0) is 45.0 Å². The second kappa shape index (κ2) is 6.69. The summed E-state index contributed by atoms with van der Waals surface area (Å²) in [7, 11) is 1.64. The van der Waals surface area contributed by atoms with E-state index in [1.165, 1.54) is 0 Å². The number of ether oxygens (including phenoxy) is 2. The number of carbonyl (C=O) groups excluding carboxylic acids is 1. The molecule has 0 aromatic heterocycles. The van der Waals surface area contributed by atoms with Gasteiger partial charge in [0.2, 0.25) is 0 Å². The Balaban J connectivity index is 2.30. The van der Waals surface area contributed by atoms with E-state index in [-0.39, 0.29) is 5.97 Å². The molecule has 0 unspecified atom stereocenters. The lowest BCUT2D eigenvalue weighted by Gasteiger charge is -2.19. The Bertz CT molecular complexity index is 379. The molecule has 3 nitrogen and oxygen atoms in total. The molecule has 0 fully saturated rings. The fourth-order valence-electron chi connectivity index (χ4n) is 1.32. The molecule has 0 heterocycles. The van der Waals surface area contributed by atoms with E-state index in [9.17, 15) is 4.79 Å². The van der Waals surface area contributed by atoms with Crippen LogP contribution in [0.1, 0.15) is 27.2 Å².